The Kier molecular flexibility index (Phi) is 7.60. The summed E-state index contributed by atoms with van der Waals surface area (Å²) in [6.45, 7) is 6.83. The standard InChI is InChI=1S/C21H27NO4/c1-4-6-7-8-9-17-15(3)20(25-14-23)19-13-11-16(10-12-18(17)19)21(24)22-26-5-2/h10-14H,4-9H2,1-3H3,(H,22,24). The van der Waals surface area contributed by atoms with Gasteiger partial charge in [-0.2, -0.15) is 0 Å². The fourth-order valence-corrected chi connectivity index (χ4v) is 3.18. The molecule has 0 unspecified atom stereocenters. The maximum Gasteiger partial charge on any atom is 0.298 e. The van der Waals surface area contributed by atoms with Crippen LogP contribution in [0.3, 0.4) is 0 Å². The SMILES string of the molecule is CCCCCCc1c2ccc(C(=O)NOCC)ccc-2c(OC=O)c1C. The van der Waals surface area contributed by atoms with Crippen molar-refractivity contribution in [3.8, 4) is 16.9 Å². The summed E-state index contributed by atoms with van der Waals surface area (Å²) in [5, 5.41) is 0. The van der Waals surface area contributed by atoms with Crippen LogP contribution in [0.4, 0.5) is 0 Å². The molecule has 2 aliphatic rings. The van der Waals surface area contributed by atoms with Gasteiger partial charge >= 0.3 is 0 Å². The van der Waals surface area contributed by atoms with E-state index < -0.39 is 0 Å². The largest absolute Gasteiger partial charge is 0.428 e. The van der Waals surface area contributed by atoms with E-state index in [9.17, 15) is 9.59 Å². The molecule has 2 aliphatic carbocycles. The van der Waals surface area contributed by atoms with Gasteiger partial charge in [-0.05, 0) is 61.6 Å². The van der Waals surface area contributed by atoms with Crippen molar-refractivity contribution in [2.75, 3.05) is 6.61 Å². The summed E-state index contributed by atoms with van der Waals surface area (Å²) in [6, 6.07) is 7.25. The fraction of sp³-hybridized carbons (Fsp3) is 0.429. The number of fused-ring (bicyclic) bond motifs is 1. The highest BCUT2D eigenvalue weighted by Gasteiger charge is 2.21. The molecule has 1 N–H and O–H groups in total. The average Bonchev–Trinajstić information content (AvgIpc) is 2.79. The van der Waals surface area contributed by atoms with Crippen LogP contribution in [0.1, 0.15) is 61.0 Å². The molecule has 0 spiro atoms. The third-order valence-corrected chi connectivity index (χ3v) is 4.53. The van der Waals surface area contributed by atoms with E-state index in [1.54, 1.807) is 19.1 Å². The minimum absolute atomic E-state index is 0.302. The van der Waals surface area contributed by atoms with E-state index in [1.165, 1.54) is 24.8 Å². The summed E-state index contributed by atoms with van der Waals surface area (Å²) in [5.74, 6) is 0.274. The molecule has 0 aromatic carbocycles. The van der Waals surface area contributed by atoms with Gasteiger partial charge in [-0.3, -0.25) is 14.4 Å². The topological polar surface area (TPSA) is 64.6 Å². The first-order valence-corrected chi connectivity index (χ1v) is 9.21. The minimum atomic E-state index is -0.302. The molecule has 1 amide bonds. The number of hydrogen-bond acceptors (Lipinski definition) is 4. The second-order valence-corrected chi connectivity index (χ2v) is 6.27. The quantitative estimate of drug-likeness (QED) is 0.388. The van der Waals surface area contributed by atoms with E-state index in [0.717, 1.165) is 29.5 Å². The number of hydroxylamine groups is 1. The van der Waals surface area contributed by atoms with Crippen LogP contribution in [0, 0.1) is 6.92 Å². The van der Waals surface area contributed by atoms with Crippen molar-refractivity contribution in [2.45, 2.75) is 52.9 Å². The molecule has 0 saturated heterocycles. The monoisotopic (exact) mass is 357 g/mol. The Bertz CT molecular complexity index is 726. The Hall–Kier alpha value is -2.40. The predicted molar refractivity (Wildman–Crippen MR) is 101 cm³/mol. The lowest BCUT2D eigenvalue weighted by molar-refractivity contribution is -0.120. The molecule has 2 rings (SSSR count). The van der Waals surface area contributed by atoms with Gasteiger partial charge in [0.1, 0.15) is 5.75 Å². The van der Waals surface area contributed by atoms with Crippen LogP contribution >= 0.6 is 0 Å². The highest BCUT2D eigenvalue weighted by atomic mass is 16.6. The summed E-state index contributed by atoms with van der Waals surface area (Å²) in [4.78, 5) is 28.0. The highest BCUT2D eigenvalue weighted by molar-refractivity contribution is 5.94. The molecule has 0 saturated carbocycles. The lowest BCUT2D eigenvalue weighted by Crippen LogP contribution is -2.23. The van der Waals surface area contributed by atoms with Crippen molar-refractivity contribution in [2.24, 2.45) is 0 Å². The summed E-state index contributed by atoms with van der Waals surface area (Å²) >= 11 is 0. The second kappa shape index (κ2) is 9.92. The Morgan fingerprint density at radius 3 is 2.46 bits per heavy atom. The van der Waals surface area contributed by atoms with Crippen LogP contribution in [-0.2, 0) is 16.1 Å². The molecule has 0 radical (unpaired) electrons. The van der Waals surface area contributed by atoms with Gasteiger partial charge < -0.3 is 4.74 Å². The van der Waals surface area contributed by atoms with E-state index in [4.69, 9.17) is 9.57 Å². The van der Waals surface area contributed by atoms with Gasteiger partial charge in [-0.25, -0.2) is 5.48 Å². The van der Waals surface area contributed by atoms with Crippen molar-refractivity contribution < 1.29 is 19.2 Å². The van der Waals surface area contributed by atoms with Gasteiger partial charge in [0.15, 0.2) is 0 Å². The molecule has 0 aromatic rings. The first kappa shape index (κ1) is 19.9. The minimum Gasteiger partial charge on any atom is -0.428 e. The molecule has 0 heterocycles. The third kappa shape index (κ3) is 4.61. The van der Waals surface area contributed by atoms with E-state index in [0.29, 0.717) is 24.4 Å². The number of amides is 1. The fourth-order valence-electron chi connectivity index (χ4n) is 3.18. The van der Waals surface area contributed by atoms with Crippen molar-refractivity contribution >= 4 is 12.4 Å². The maximum absolute atomic E-state index is 12.1. The molecular weight excluding hydrogens is 330 g/mol. The van der Waals surface area contributed by atoms with Crippen molar-refractivity contribution in [3.63, 3.8) is 0 Å². The van der Waals surface area contributed by atoms with Gasteiger partial charge in [0.25, 0.3) is 12.4 Å². The summed E-state index contributed by atoms with van der Waals surface area (Å²) in [6.07, 6.45) is 5.59. The van der Waals surface area contributed by atoms with Crippen LogP contribution in [0.25, 0.3) is 11.1 Å². The zero-order chi connectivity index (χ0) is 18.9. The van der Waals surface area contributed by atoms with E-state index in [2.05, 4.69) is 12.4 Å². The smallest absolute Gasteiger partial charge is 0.298 e. The first-order chi connectivity index (χ1) is 12.6. The summed E-state index contributed by atoms with van der Waals surface area (Å²) in [7, 11) is 0. The Morgan fingerprint density at radius 1 is 1.08 bits per heavy atom. The number of hydrogen-bond donors (Lipinski definition) is 1. The summed E-state index contributed by atoms with van der Waals surface area (Å²) in [5.41, 5.74) is 6.92. The third-order valence-electron chi connectivity index (χ3n) is 4.53. The molecule has 0 atom stereocenters. The lowest BCUT2D eigenvalue weighted by atomic mass is 10.0. The van der Waals surface area contributed by atoms with Crippen LogP contribution in [0.15, 0.2) is 24.3 Å². The predicted octanol–water partition coefficient (Wildman–Crippen LogP) is 4.44. The zero-order valence-corrected chi connectivity index (χ0v) is 15.8. The summed E-state index contributed by atoms with van der Waals surface area (Å²) < 4.78 is 5.26. The van der Waals surface area contributed by atoms with Crippen LogP contribution in [-0.4, -0.2) is 19.0 Å². The number of unbranched alkanes of at least 4 members (excludes halogenated alkanes) is 3. The highest BCUT2D eigenvalue weighted by Crippen LogP contribution is 2.42. The van der Waals surface area contributed by atoms with Crippen molar-refractivity contribution in [3.05, 3.63) is 41.0 Å². The zero-order valence-electron chi connectivity index (χ0n) is 15.8. The molecule has 0 fully saturated rings. The number of ether oxygens (including phenoxy) is 1. The van der Waals surface area contributed by atoms with Gasteiger partial charge in [0.05, 0.1) is 6.61 Å². The molecule has 0 aromatic heterocycles. The van der Waals surface area contributed by atoms with Crippen LogP contribution in [0.2, 0.25) is 0 Å². The van der Waals surface area contributed by atoms with Gasteiger partial charge in [0, 0.05) is 11.1 Å². The number of rotatable bonds is 10. The lowest BCUT2D eigenvalue weighted by Gasteiger charge is -2.03. The maximum atomic E-state index is 12.1. The molecule has 0 aliphatic heterocycles. The normalized spacial score (nSPS) is 10.7. The Morgan fingerprint density at radius 2 is 1.81 bits per heavy atom. The van der Waals surface area contributed by atoms with Crippen LogP contribution < -0.4 is 10.2 Å². The van der Waals surface area contributed by atoms with E-state index in [-0.39, 0.29) is 5.91 Å². The Balaban J connectivity index is 2.39. The number of nitrogens with one attached hydrogen (secondary N) is 1. The van der Waals surface area contributed by atoms with Gasteiger partial charge in [-0.1, -0.05) is 32.3 Å². The number of carbonyl (C=O) groups is 2. The number of carbonyl (C=O) groups excluding carboxylic acids is 2. The van der Waals surface area contributed by atoms with E-state index in [1.807, 2.05) is 19.1 Å². The molecule has 140 valence electrons. The molecule has 0 bridgehead atoms. The second-order valence-electron chi connectivity index (χ2n) is 6.27. The molecule has 5 nitrogen and oxygen atoms in total. The molecule has 5 heteroatoms. The van der Waals surface area contributed by atoms with E-state index >= 15 is 0 Å². The Labute approximate surface area is 155 Å². The van der Waals surface area contributed by atoms with Crippen LogP contribution in [0.5, 0.6) is 5.75 Å². The van der Waals surface area contributed by atoms with Gasteiger partial charge in [-0.15, -0.1) is 0 Å². The van der Waals surface area contributed by atoms with Crippen molar-refractivity contribution in [1.82, 2.24) is 5.48 Å². The average molecular weight is 357 g/mol. The molecular formula is C21H27NO4. The first-order valence-electron chi connectivity index (χ1n) is 9.21. The van der Waals surface area contributed by atoms with Gasteiger partial charge in [0.2, 0.25) is 0 Å². The van der Waals surface area contributed by atoms with Crippen molar-refractivity contribution in [1.29, 1.82) is 0 Å². The molecule has 26 heavy (non-hydrogen) atoms.